The van der Waals surface area contributed by atoms with Crippen molar-refractivity contribution in [2.75, 3.05) is 19.8 Å². The van der Waals surface area contributed by atoms with Gasteiger partial charge in [-0.15, -0.1) is 0 Å². The molecule has 0 bridgehead atoms. The summed E-state index contributed by atoms with van der Waals surface area (Å²) in [6.07, 6.45) is 0. The zero-order chi connectivity index (χ0) is 16.8. The lowest BCUT2D eigenvalue weighted by atomic mass is 10.2. The normalized spacial score (nSPS) is 15.9. The van der Waals surface area contributed by atoms with Crippen LogP contribution in [0.5, 0.6) is 0 Å². The topological polar surface area (TPSA) is 76.1 Å². The van der Waals surface area contributed by atoms with E-state index in [1.807, 2.05) is 37.3 Å². The number of hydrogen-bond donors (Lipinski definition) is 1. The molecule has 1 aliphatic heterocycles. The first kappa shape index (κ1) is 17.0. The van der Waals surface area contributed by atoms with Crippen molar-refractivity contribution in [1.82, 2.24) is 4.90 Å². The van der Waals surface area contributed by atoms with Crippen LogP contribution >= 0.6 is 0 Å². The average molecular weight is 319 g/mol. The number of amides is 1. The monoisotopic (exact) mass is 319 g/mol. The minimum Gasteiger partial charge on any atom is -0.503 e. The Morgan fingerprint density at radius 3 is 2.70 bits per heavy atom. The van der Waals surface area contributed by atoms with Gasteiger partial charge in [0, 0.05) is 0 Å². The lowest BCUT2D eigenvalue weighted by molar-refractivity contribution is -0.138. The Hall–Kier alpha value is -2.34. The van der Waals surface area contributed by atoms with Gasteiger partial charge in [-0.3, -0.25) is 4.79 Å². The molecule has 0 fully saturated rings. The highest BCUT2D eigenvalue weighted by atomic mass is 16.5. The molecule has 0 aromatic heterocycles. The van der Waals surface area contributed by atoms with E-state index in [0.29, 0.717) is 13.2 Å². The average Bonchev–Trinajstić information content (AvgIpc) is 2.85. The Labute approximate surface area is 135 Å². The zero-order valence-corrected chi connectivity index (χ0v) is 13.3. The van der Waals surface area contributed by atoms with Gasteiger partial charge in [0.15, 0.2) is 5.76 Å². The summed E-state index contributed by atoms with van der Waals surface area (Å²) in [5, 5.41) is 9.82. The van der Waals surface area contributed by atoms with E-state index in [1.165, 1.54) is 4.90 Å². The molecule has 1 aromatic rings. The van der Waals surface area contributed by atoms with Crippen molar-refractivity contribution in [2.24, 2.45) is 0 Å². The van der Waals surface area contributed by atoms with E-state index in [1.54, 1.807) is 6.92 Å². The van der Waals surface area contributed by atoms with Crippen LogP contribution in [0, 0.1) is 0 Å². The maximum absolute atomic E-state index is 12.1. The number of carbonyl (C=O) groups excluding carboxylic acids is 2. The van der Waals surface area contributed by atoms with Crippen molar-refractivity contribution in [3.05, 3.63) is 47.2 Å². The van der Waals surface area contributed by atoms with Gasteiger partial charge >= 0.3 is 5.97 Å². The molecule has 6 nitrogen and oxygen atoms in total. The zero-order valence-electron chi connectivity index (χ0n) is 13.3. The lowest BCUT2D eigenvalue weighted by Gasteiger charge is -2.24. The summed E-state index contributed by atoms with van der Waals surface area (Å²) in [7, 11) is 0. The van der Waals surface area contributed by atoms with Gasteiger partial charge < -0.3 is 19.5 Å². The summed E-state index contributed by atoms with van der Waals surface area (Å²) in [6.45, 7) is 4.47. The molecule has 1 heterocycles. The maximum atomic E-state index is 12.1. The molecule has 1 aromatic carbocycles. The van der Waals surface area contributed by atoms with Gasteiger partial charge in [-0.05, 0) is 19.4 Å². The van der Waals surface area contributed by atoms with Crippen LogP contribution < -0.4 is 0 Å². The summed E-state index contributed by atoms with van der Waals surface area (Å²) < 4.78 is 10.5. The van der Waals surface area contributed by atoms with Crippen LogP contribution in [0.1, 0.15) is 19.4 Å². The van der Waals surface area contributed by atoms with Gasteiger partial charge in [-0.2, -0.15) is 0 Å². The second-order valence-electron chi connectivity index (χ2n) is 5.33. The third kappa shape index (κ3) is 4.10. The predicted octanol–water partition coefficient (Wildman–Crippen LogP) is 1.81. The summed E-state index contributed by atoms with van der Waals surface area (Å²) in [6, 6.07) is 9.44. The van der Waals surface area contributed by atoms with Gasteiger partial charge in [-0.25, -0.2) is 4.79 Å². The first-order chi connectivity index (χ1) is 11.0. The highest BCUT2D eigenvalue weighted by Crippen LogP contribution is 2.21. The number of aliphatic hydroxyl groups is 1. The van der Waals surface area contributed by atoms with Crippen molar-refractivity contribution in [3.63, 3.8) is 0 Å². The van der Waals surface area contributed by atoms with Crippen molar-refractivity contribution < 1.29 is 24.2 Å². The predicted molar refractivity (Wildman–Crippen MR) is 83.6 cm³/mol. The number of carbonyl (C=O) groups is 2. The fraction of sp³-hybridized carbons (Fsp3) is 0.412. The molecule has 1 N–H and O–H groups in total. The van der Waals surface area contributed by atoms with Crippen LogP contribution in [0.3, 0.4) is 0 Å². The van der Waals surface area contributed by atoms with Gasteiger partial charge in [0.25, 0.3) is 5.91 Å². The molecular formula is C17H21NO5. The Morgan fingerprint density at radius 2 is 2.04 bits per heavy atom. The Bertz CT molecular complexity index is 596. The van der Waals surface area contributed by atoms with Crippen LogP contribution in [0.4, 0.5) is 0 Å². The fourth-order valence-electron chi connectivity index (χ4n) is 2.33. The molecule has 0 saturated heterocycles. The minimum atomic E-state index is -0.654. The van der Waals surface area contributed by atoms with Crippen molar-refractivity contribution in [1.29, 1.82) is 0 Å². The second kappa shape index (κ2) is 7.78. The van der Waals surface area contributed by atoms with Crippen molar-refractivity contribution >= 4 is 11.9 Å². The van der Waals surface area contributed by atoms with E-state index < -0.39 is 17.6 Å². The van der Waals surface area contributed by atoms with Crippen molar-refractivity contribution in [3.8, 4) is 0 Å². The SMILES string of the molecule is CCOC(=O)C1=C(O)C(=O)N(C(C)COCc2ccccc2)C1. The molecule has 23 heavy (non-hydrogen) atoms. The highest BCUT2D eigenvalue weighted by Gasteiger charge is 2.37. The van der Waals surface area contributed by atoms with Gasteiger partial charge in [0.05, 0.1) is 32.4 Å². The molecule has 124 valence electrons. The molecule has 1 aliphatic rings. The van der Waals surface area contributed by atoms with Crippen molar-refractivity contribution in [2.45, 2.75) is 26.5 Å². The highest BCUT2D eigenvalue weighted by molar-refractivity contribution is 6.05. The first-order valence-corrected chi connectivity index (χ1v) is 7.56. The number of esters is 1. The third-order valence-electron chi connectivity index (χ3n) is 3.60. The summed E-state index contributed by atoms with van der Waals surface area (Å²) in [5.41, 5.74) is 1.05. The molecule has 0 saturated carbocycles. The van der Waals surface area contributed by atoms with Crippen LogP contribution in [0.25, 0.3) is 0 Å². The number of hydrogen-bond acceptors (Lipinski definition) is 5. The van der Waals surface area contributed by atoms with Gasteiger partial charge in [0.2, 0.25) is 0 Å². The van der Waals surface area contributed by atoms with Crippen LogP contribution in [-0.4, -0.2) is 47.7 Å². The number of benzene rings is 1. The number of rotatable bonds is 7. The van der Waals surface area contributed by atoms with Crippen LogP contribution in [0.2, 0.25) is 0 Å². The summed E-state index contributed by atoms with van der Waals surface area (Å²) >= 11 is 0. The van der Waals surface area contributed by atoms with E-state index in [0.717, 1.165) is 5.56 Å². The molecule has 0 aliphatic carbocycles. The quantitative estimate of drug-likeness (QED) is 0.776. The van der Waals surface area contributed by atoms with E-state index in [2.05, 4.69) is 0 Å². The van der Waals surface area contributed by atoms with E-state index in [-0.39, 0.29) is 24.8 Å². The molecule has 0 spiro atoms. The standard InChI is InChI=1S/C17H21NO5/c1-3-23-17(21)14-9-18(16(20)15(14)19)12(2)10-22-11-13-7-5-4-6-8-13/h4-8,12,19H,3,9-11H2,1-2H3. The van der Waals surface area contributed by atoms with Gasteiger partial charge in [-0.1, -0.05) is 30.3 Å². The third-order valence-corrected chi connectivity index (χ3v) is 3.60. The molecular weight excluding hydrogens is 298 g/mol. The van der Waals surface area contributed by atoms with E-state index in [4.69, 9.17) is 9.47 Å². The Morgan fingerprint density at radius 1 is 1.35 bits per heavy atom. The summed E-state index contributed by atoms with van der Waals surface area (Å²) in [5.74, 6) is -1.75. The minimum absolute atomic E-state index is 0.00626. The van der Waals surface area contributed by atoms with E-state index in [9.17, 15) is 14.7 Å². The largest absolute Gasteiger partial charge is 0.503 e. The Balaban J connectivity index is 1.87. The van der Waals surface area contributed by atoms with Gasteiger partial charge in [0.1, 0.15) is 5.57 Å². The Kier molecular flexibility index (Phi) is 5.76. The van der Waals surface area contributed by atoms with E-state index >= 15 is 0 Å². The van der Waals surface area contributed by atoms with Crippen LogP contribution in [-0.2, 0) is 25.7 Å². The number of ether oxygens (including phenoxy) is 2. The summed E-state index contributed by atoms with van der Waals surface area (Å²) in [4.78, 5) is 25.2. The smallest absolute Gasteiger partial charge is 0.339 e. The molecule has 1 atom stereocenters. The molecule has 1 amide bonds. The maximum Gasteiger partial charge on any atom is 0.339 e. The first-order valence-electron chi connectivity index (χ1n) is 7.56. The molecule has 6 heteroatoms. The number of aliphatic hydroxyl groups excluding tert-OH is 1. The molecule has 2 rings (SSSR count). The second-order valence-corrected chi connectivity index (χ2v) is 5.33. The number of nitrogens with zero attached hydrogens (tertiary/aromatic N) is 1. The lowest BCUT2D eigenvalue weighted by Crippen LogP contribution is -2.39. The molecule has 1 unspecified atom stereocenters. The molecule has 0 radical (unpaired) electrons. The van der Waals surface area contributed by atoms with Crippen LogP contribution in [0.15, 0.2) is 41.7 Å². The fourth-order valence-corrected chi connectivity index (χ4v) is 2.33.